The van der Waals surface area contributed by atoms with Crippen LogP contribution in [0, 0.1) is 11.8 Å². The van der Waals surface area contributed by atoms with Gasteiger partial charge in [-0.25, -0.2) is 0 Å². The summed E-state index contributed by atoms with van der Waals surface area (Å²) in [5.74, 6) is 1.40. The highest BCUT2D eigenvalue weighted by molar-refractivity contribution is 4.92. The van der Waals surface area contributed by atoms with E-state index in [1.807, 2.05) is 0 Å². The molecule has 2 heterocycles. The van der Waals surface area contributed by atoms with Crippen LogP contribution in [-0.4, -0.2) is 64.1 Å². The number of rotatable bonds is 11. The lowest BCUT2D eigenvalue weighted by atomic mass is 9.90. The Morgan fingerprint density at radius 2 is 1.12 bits per heavy atom. The van der Waals surface area contributed by atoms with Gasteiger partial charge in [-0.3, -0.25) is 0 Å². The van der Waals surface area contributed by atoms with Crippen molar-refractivity contribution in [3.05, 3.63) is 0 Å². The molecule has 0 aromatic carbocycles. The van der Waals surface area contributed by atoms with E-state index in [9.17, 15) is 0 Å². The minimum atomic E-state index is 0.551. The second-order valence-corrected chi connectivity index (χ2v) is 7.90. The smallest absolute Gasteiger partial charge is 0.0845 e. The van der Waals surface area contributed by atoms with Crippen LogP contribution < -0.4 is 0 Å². The lowest BCUT2D eigenvalue weighted by Crippen LogP contribution is -2.20. The highest BCUT2D eigenvalue weighted by Crippen LogP contribution is 2.40. The molecule has 4 rings (SSSR count). The lowest BCUT2D eigenvalue weighted by molar-refractivity contribution is 0.0179. The van der Waals surface area contributed by atoms with Crippen molar-refractivity contribution in [1.82, 2.24) is 0 Å². The summed E-state index contributed by atoms with van der Waals surface area (Å²) in [4.78, 5) is 0. The standard InChI is InChI=1S/C19H32O5/c1(7-21-12-14-2-4-16-18(10-14)23-16)6-20-8-9-22-13-15-3-5-17-19(11-15)24-17/h14-19H,1-13H2. The summed E-state index contributed by atoms with van der Waals surface area (Å²) in [6.45, 7) is 4.73. The van der Waals surface area contributed by atoms with Gasteiger partial charge in [-0.1, -0.05) is 0 Å². The molecule has 6 unspecified atom stereocenters. The molecular formula is C19H32O5. The quantitative estimate of drug-likeness (QED) is 0.427. The number of hydrogen-bond donors (Lipinski definition) is 0. The Balaban J connectivity index is 0.907. The minimum Gasteiger partial charge on any atom is -0.381 e. The fraction of sp³-hybridized carbons (Fsp3) is 1.00. The Labute approximate surface area is 145 Å². The maximum atomic E-state index is 5.78. The predicted molar refractivity (Wildman–Crippen MR) is 89.1 cm³/mol. The maximum Gasteiger partial charge on any atom is 0.0845 e. The van der Waals surface area contributed by atoms with Gasteiger partial charge in [0.15, 0.2) is 0 Å². The van der Waals surface area contributed by atoms with Gasteiger partial charge in [-0.2, -0.15) is 0 Å². The van der Waals surface area contributed by atoms with Crippen molar-refractivity contribution < 1.29 is 23.7 Å². The second kappa shape index (κ2) is 8.45. The van der Waals surface area contributed by atoms with Crippen molar-refractivity contribution in [2.75, 3.05) is 39.6 Å². The van der Waals surface area contributed by atoms with Crippen LogP contribution in [0.2, 0.25) is 0 Å². The van der Waals surface area contributed by atoms with E-state index < -0.39 is 0 Å². The Morgan fingerprint density at radius 3 is 1.75 bits per heavy atom. The van der Waals surface area contributed by atoms with Gasteiger partial charge in [-0.15, -0.1) is 0 Å². The van der Waals surface area contributed by atoms with Crippen LogP contribution in [0.25, 0.3) is 0 Å². The number of hydrogen-bond acceptors (Lipinski definition) is 5. The maximum absolute atomic E-state index is 5.78. The van der Waals surface area contributed by atoms with Crippen molar-refractivity contribution in [2.45, 2.75) is 69.4 Å². The van der Waals surface area contributed by atoms with Crippen molar-refractivity contribution in [3.63, 3.8) is 0 Å². The number of fused-ring (bicyclic) bond motifs is 2. The molecule has 2 aliphatic heterocycles. The third-order valence-corrected chi connectivity index (χ3v) is 5.88. The molecule has 2 saturated heterocycles. The first-order chi connectivity index (χ1) is 11.9. The molecule has 0 aromatic heterocycles. The molecule has 24 heavy (non-hydrogen) atoms. The fourth-order valence-corrected chi connectivity index (χ4v) is 4.26. The zero-order valence-corrected chi connectivity index (χ0v) is 14.7. The Kier molecular flexibility index (Phi) is 6.07. The number of ether oxygens (including phenoxy) is 5. The largest absolute Gasteiger partial charge is 0.381 e. The molecule has 0 amide bonds. The summed E-state index contributed by atoms with van der Waals surface area (Å²) in [6.07, 6.45) is 10.6. The first-order valence-corrected chi connectivity index (χ1v) is 9.92. The van der Waals surface area contributed by atoms with E-state index in [0.29, 0.717) is 49.5 Å². The predicted octanol–water partition coefficient (Wildman–Crippen LogP) is 2.56. The van der Waals surface area contributed by atoms with Crippen LogP contribution in [0.3, 0.4) is 0 Å². The summed E-state index contributed by atoms with van der Waals surface area (Å²) in [5.41, 5.74) is 0. The van der Waals surface area contributed by atoms with Gasteiger partial charge >= 0.3 is 0 Å². The molecule has 5 heteroatoms. The summed E-state index contributed by atoms with van der Waals surface area (Å²) in [7, 11) is 0. The van der Waals surface area contributed by atoms with Crippen LogP contribution in [0.1, 0.15) is 44.9 Å². The van der Waals surface area contributed by atoms with Gasteiger partial charge in [0.25, 0.3) is 0 Å². The van der Waals surface area contributed by atoms with E-state index in [1.165, 1.54) is 38.5 Å². The average molecular weight is 340 g/mol. The van der Waals surface area contributed by atoms with Gasteiger partial charge in [0, 0.05) is 26.4 Å². The van der Waals surface area contributed by atoms with Crippen molar-refractivity contribution in [3.8, 4) is 0 Å². The zero-order chi connectivity index (χ0) is 16.2. The monoisotopic (exact) mass is 340 g/mol. The van der Waals surface area contributed by atoms with Gasteiger partial charge in [0.05, 0.1) is 37.6 Å². The van der Waals surface area contributed by atoms with E-state index in [4.69, 9.17) is 23.7 Å². The fourth-order valence-electron chi connectivity index (χ4n) is 4.26. The Bertz CT molecular complexity index is 354. The SMILES string of the molecule is C(COCCOCC1CCC2OC2C1)COCC1CCC2OC2C1. The normalized spacial score (nSPS) is 40.0. The molecule has 138 valence electrons. The molecule has 6 atom stereocenters. The summed E-state index contributed by atoms with van der Waals surface area (Å²) >= 11 is 0. The first kappa shape index (κ1) is 17.2. The van der Waals surface area contributed by atoms with E-state index in [-0.39, 0.29) is 0 Å². The van der Waals surface area contributed by atoms with E-state index in [0.717, 1.165) is 32.8 Å². The van der Waals surface area contributed by atoms with E-state index in [1.54, 1.807) is 0 Å². The molecule has 0 spiro atoms. The van der Waals surface area contributed by atoms with Crippen LogP contribution in [0.5, 0.6) is 0 Å². The second-order valence-electron chi connectivity index (χ2n) is 7.90. The van der Waals surface area contributed by atoms with Crippen LogP contribution in [0.4, 0.5) is 0 Å². The summed E-state index contributed by atoms with van der Waals surface area (Å²) < 4.78 is 28.2. The molecule has 5 nitrogen and oxygen atoms in total. The molecule has 4 fully saturated rings. The average Bonchev–Trinajstić information content (AvgIpc) is 3.50. The minimum absolute atomic E-state index is 0.551. The highest BCUT2D eigenvalue weighted by atomic mass is 16.6. The third kappa shape index (κ3) is 5.15. The Morgan fingerprint density at radius 1 is 0.583 bits per heavy atom. The molecule has 0 radical (unpaired) electrons. The van der Waals surface area contributed by atoms with E-state index in [2.05, 4.69) is 0 Å². The molecule has 0 bridgehead atoms. The molecule has 4 aliphatic rings. The van der Waals surface area contributed by atoms with Crippen molar-refractivity contribution in [2.24, 2.45) is 11.8 Å². The van der Waals surface area contributed by atoms with Crippen molar-refractivity contribution >= 4 is 0 Å². The highest BCUT2D eigenvalue weighted by Gasteiger charge is 2.44. The molecular weight excluding hydrogens is 308 g/mol. The van der Waals surface area contributed by atoms with Gasteiger partial charge in [0.2, 0.25) is 0 Å². The first-order valence-electron chi connectivity index (χ1n) is 9.92. The molecule has 2 saturated carbocycles. The van der Waals surface area contributed by atoms with Gasteiger partial charge in [-0.05, 0) is 56.8 Å². The zero-order valence-electron chi connectivity index (χ0n) is 14.7. The molecule has 2 aliphatic carbocycles. The third-order valence-electron chi connectivity index (χ3n) is 5.88. The number of epoxide rings is 2. The van der Waals surface area contributed by atoms with Gasteiger partial charge < -0.3 is 23.7 Å². The molecule has 0 aromatic rings. The topological polar surface area (TPSA) is 52.8 Å². The van der Waals surface area contributed by atoms with Gasteiger partial charge in [0.1, 0.15) is 0 Å². The lowest BCUT2D eigenvalue weighted by Gasteiger charge is -2.19. The van der Waals surface area contributed by atoms with Crippen molar-refractivity contribution in [1.29, 1.82) is 0 Å². The summed E-state index contributed by atoms with van der Waals surface area (Å²) in [5, 5.41) is 0. The summed E-state index contributed by atoms with van der Waals surface area (Å²) in [6, 6.07) is 0. The van der Waals surface area contributed by atoms with Crippen LogP contribution in [-0.2, 0) is 23.7 Å². The Hall–Kier alpha value is -0.200. The van der Waals surface area contributed by atoms with Crippen LogP contribution >= 0.6 is 0 Å². The molecule has 0 N–H and O–H groups in total. The van der Waals surface area contributed by atoms with Crippen LogP contribution in [0.15, 0.2) is 0 Å². The van der Waals surface area contributed by atoms with E-state index >= 15 is 0 Å².